The third-order valence-corrected chi connectivity index (χ3v) is 4.84. The molecule has 0 saturated carbocycles. The van der Waals surface area contributed by atoms with Gasteiger partial charge in [-0.15, -0.1) is 0 Å². The fourth-order valence-corrected chi connectivity index (χ4v) is 3.41. The lowest BCUT2D eigenvalue weighted by molar-refractivity contribution is -0.136. The molecule has 0 spiro atoms. The molecule has 0 unspecified atom stereocenters. The zero-order chi connectivity index (χ0) is 16.8. The number of methoxy groups -OCH3 is 1. The summed E-state index contributed by atoms with van der Waals surface area (Å²) in [7, 11) is 1.75. The number of piperidine rings is 1. The van der Waals surface area contributed by atoms with Crippen molar-refractivity contribution < 1.29 is 9.53 Å². The Kier molecular flexibility index (Phi) is 5.64. The number of hydrogen-bond donors (Lipinski definition) is 0. The van der Waals surface area contributed by atoms with E-state index in [1.165, 1.54) is 5.56 Å². The quantitative estimate of drug-likeness (QED) is 0.818. The Balaban J connectivity index is 1.53. The Morgan fingerprint density at radius 1 is 1.33 bits per heavy atom. The molecule has 3 rings (SSSR count). The van der Waals surface area contributed by atoms with E-state index in [4.69, 9.17) is 4.74 Å². The largest absolute Gasteiger partial charge is 0.379 e. The van der Waals surface area contributed by atoms with Gasteiger partial charge in [-0.1, -0.05) is 30.3 Å². The van der Waals surface area contributed by atoms with Crippen molar-refractivity contribution in [1.29, 1.82) is 0 Å². The van der Waals surface area contributed by atoms with Crippen LogP contribution in [0.15, 0.2) is 49.1 Å². The predicted octanol–water partition coefficient (Wildman–Crippen LogP) is 2.38. The van der Waals surface area contributed by atoms with Crippen LogP contribution in [0.4, 0.5) is 0 Å². The average Bonchev–Trinajstić information content (AvgIpc) is 3.14. The van der Waals surface area contributed by atoms with Gasteiger partial charge in [0.05, 0.1) is 12.4 Å². The first-order chi connectivity index (χ1) is 11.8. The van der Waals surface area contributed by atoms with Crippen LogP contribution in [-0.4, -0.2) is 46.7 Å². The Hall–Kier alpha value is -2.14. The van der Waals surface area contributed by atoms with Gasteiger partial charge in [-0.3, -0.25) is 4.79 Å². The van der Waals surface area contributed by atoms with Crippen LogP contribution in [-0.2, 0) is 22.5 Å². The first kappa shape index (κ1) is 16.7. The van der Waals surface area contributed by atoms with Crippen LogP contribution >= 0.6 is 0 Å². The van der Waals surface area contributed by atoms with Crippen molar-refractivity contribution in [2.45, 2.75) is 31.9 Å². The van der Waals surface area contributed by atoms with Crippen molar-refractivity contribution >= 4 is 5.91 Å². The van der Waals surface area contributed by atoms with Gasteiger partial charge < -0.3 is 14.2 Å². The molecule has 0 bridgehead atoms. The van der Waals surface area contributed by atoms with Crippen LogP contribution in [0.1, 0.15) is 18.4 Å². The summed E-state index contributed by atoms with van der Waals surface area (Å²) >= 11 is 0. The third-order valence-electron chi connectivity index (χ3n) is 4.84. The minimum absolute atomic E-state index is 0.108. The molecule has 0 aliphatic carbocycles. The van der Waals surface area contributed by atoms with E-state index < -0.39 is 0 Å². The molecule has 0 N–H and O–H groups in total. The number of benzene rings is 1. The normalized spacial score (nSPS) is 21.0. The maximum atomic E-state index is 12.5. The van der Waals surface area contributed by atoms with Crippen molar-refractivity contribution in [3.8, 4) is 0 Å². The monoisotopic (exact) mass is 327 g/mol. The second-order valence-corrected chi connectivity index (χ2v) is 6.40. The van der Waals surface area contributed by atoms with Gasteiger partial charge in [0.2, 0.25) is 5.91 Å². The molecular formula is C19H25N3O2. The fraction of sp³-hybridized carbons (Fsp3) is 0.474. The maximum Gasteiger partial charge on any atom is 0.224 e. The summed E-state index contributed by atoms with van der Waals surface area (Å²) in [6.45, 7) is 2.19. The van der Waals surface area contributed by atoms with Crippen molar-refractivity contribution in [2.75, 3.05) is 20.2 Å². The third kappa shape index (κ3) is 4.23. The van der Waals surface area contributed by atoms with Crippen molar-refractivity contribution in [1.82, 2.24) is 14.5 Å². The summed E-state index contributed by atoms with van der Waals surface area (Å²) < 4.78 is 7.64. The van der Waals surface area contributed by atoms with Gasteiger partial charge in [0, 0.05) is 45.6 Å². The Morgan fingerprint density at radius 2 is 2.17 bits per heavy atom. The molecule has 1 aliphatic rings. The SMILES string of the molecule is CO[C@@H]1CN(C(=O)CCn2ccnc2)CC[C@@H]1Cc1ccccc1. The van der Waals surface area contributed by atoms with Gasteiger partial charge in [-0.25, -0.2) is 4.98 Å². The van der Waals surface area contributed by atoms with E-state index in [0.29, 0.717) is 25.4 Å². The lowest BCUT2D eigenvalue weighted by Gasteiger charge is -2.38. The van der Waals surface area contributed by atoms with Gasteiger partial charge >= 0.3 is 0 Å². The summed E-state index contributed by atoms with van der Waals surface area (Å²) in [5.74, 6) is 0.666. The molecule has 1 amide bonds. The number of rotatable bonds is 6. The number of carbonyl (C=O) groups is 1. The number of carbonyl (C=O) groups excluding carboxylic acids is 1. The second kappa shape index (κ2) is 8.11. The van der Waals surface area contributed by atoms with E-state index >= 15 is 0 Å². The standard InChI is InChI=1S/C19H25N3O2/c1-24-18-14-22(19(23)8-10-21-12-9-20-15-21)11-7-17(18)13-16-5-3-2-4-6-16/h2-6,9,12,15,17-18H,7-8,10-11,13-14H2,1H3/t17-,18-/m1/s1. The molecule has 1 saturated heterocycles. The van der Waals surface area contributed by atoms with Gasteiger partial charge in [0.15, 0.2) is 0 Å². The Bertz CT molecular complexity index is 627. The number of imidazole rings is 1. The molecule has 2 heterocycles. The molecule has 0 radical (unpaired) electrons. The highest BCUT2D eigenvalue weighted by Crippen LogP contribution is 2.24. The number of aryl methyl sites for hydroxylation is 1. The van der Waals surface area contributed by atoms with Crippen LogP contribution < -0.4 is 0 Å². The highest BCUT2D eigenvalue weighted by atomic mass is 16.5. The summed E-state index contributed by atoms with van der Waals surface area (Å²) in [5.41, 5.74) is 1.34. The zero-order valence-corrected chi connectivity index (χ0v) is 14.2. The number of likely N-dealkylation sites (tertiary alicyclic amines) is 1. The summed E-state index contributed by atoms with van der Waals surface area (Å²) in [6.07, 6.45) is 7.99. The highest BCUT2D eigenvalue weighted by molar-refractivity contribution is 5.76. The zero-order valence-electron chi connectivity index (χ0n) is 14.2. The molecule has 1 aromatic carbocycles. The van der Waals surface area contributed by atoms with Crippen molar-refractivity contribution in [2.24, 2.45) is 5.92 Å². The second-order valence-electron chi connectivity index (χ2n) is 6.40. The number of ether oxygens (including phenoxy) is 1. The number of aromatic nitrogens is 2. The van der Waals surface area contributed by atoms with Crippen LogP contribution in [0.5, 0.6) is 0 Å². The lowest BCUT2D eigenvalue weighted by atomic mass is 9.87. The minimum Gasteiger partial charge on any atom is -0.379 e. The van der Waals surface area contributed by atoms with Gasteiger partial charge in [-0.05, 0) is 24.3 Å². The van der Waals surface area contributed by atoms with E-state index in [2.05, 4.69) is 29.2 Å². The summed E-state index contributed by atoms with van der Waals surface area (Å²) in [5, 5.41) is 0. The summed E-state index contributed by atoms with van der Waals surface area (Å²) in [6, 6.07) is 10.5. The highest BCUT2D eigenvalue weighted by Gasteiger charge is 2.31. The maximum absolute atomic E-state index is 12.5. The van der Waals surface area contributed by atoms with E-state index in [9.17, 15) is 4.79 Å². The van der Waals surface area contributed by atoms with Gasteiger partial charge in [0.25, 0.3) is 0 Å². The topological polar surface area (TPSA) is 47.4 Å². The fourth-order valence-electron chi connectivity index (χ4n) is 3.41. The first-order valence-electron chi connectivity index (χ1n) is 8.56. The molecule has 5 nitrogen and oxygen atoms in total. The van der Waals surface area contributed by atoms with E-state index in [1.807, 2.05) is 21.7 Å². The van der Waals surface area contributed by atoms with E-state index in [0.717, 1.165) is 19.4 Å². The molecule has 2 atom stereocenters. The van der Waals surface area contributed by atoms with Crippen molar-refractivity contribution in [3.63, 3.8) is 0 Å². The van der Waals surface area contributed by atoms with Crippen molar-refractivity contribution in [3.05, 3.63) is 54.6 Å². The molecule has 5 heteroatoms. The smallest absolute Gasteiger partial charge is 0.224 e. The van der Waals surface area contributed by atoms with Crippen LogP contribution in [0.2, 0.25) is 0 Å². The molecule has 1 aliphatic heterocycles. The number of amides is 1. The number of nitrogens with zero attached hydrogens (tertiary/aromatic N) is 3. The van der Waals surface area contributed by atoms with Gasteiger partial charge in [0.1, 0.15) is 0 Å². The average molecular weight is 327 g/mol. The predicted molar refractivity (Wildman–Crippen MR) is 92.5 cm³/mol. The van der Waals surface area contributed by atoms with Crippen LogP contribution in [0.3, 0.4) is 0 Å². The molecule has 24 heavy (non-hydrogen) atoms. The summed E-state index contributed by atoms with van der Waals surface area (Å²) in [4.78, 5) is 18.4. The van der Waals surface area contributed by atoms with Crippen LogP contribution in [0, 0.1) is 5.92 Å². The van der Waals surface area contributed by atoms with E-state index in [-0.39, 0.29) is 12.0 Å². The molecule has 1 fully saturated rings. The first-order valence-corrected chi connectivity index (χ1v) is 8.56. The minimum atomic E-state index is 0.108. The lowest BCUT2D eigenvalue weighted by Crippen LogP contribution is -2.48. The molecule has 1 aromatic heterocycles. The molecular weight excluding hydrogens is 302 g/mol. The molecule has 2 aromatic rings. The van der Waals surface area contributed by atoms with Gasteiger partial charge in [-0.2, -0.15) is 0 Å². The Labute approximate surface area is 143 Å². The number of hydrogen-bond acceptors (Lipinski definition) is 3. The van der Waals surface area contributed by atoms with E-state index in [1.54, 1.807) is 19.6 Å². The molecule has 128 valence electrons. The van der Waals surface area contributed by atoms with Crippen LogP contribution in [0.25, 0.3) is 0 Å². The Morgan fingerprint density at radius 3 is 2.88 bits per heavy atom.